The predicted molar refractivity (Wildman–Crippen MR) is 88.2 cm³/mol. The summed E-state index contributed by atoms with van der Waals surface area (Å²) >= 11 is 0. The zero-order valence-electron chi connectivity index (χ0n) is 14.1. The molecule has 2 aromatic carbocycles. The van der Waals surface area contributed by atoms with Crippen LogP contribution in [0.3, 0.4) is 0 Å². The Morgan fingerprint density at radius 2 is 1.73 bits per heavy atom. The second-order valence-corrected chi connectivity index (χ2v) is 5.81. The molecule has 1 aromatic heterocycles. The van der Waals surface area contributed by atoms with Gasteiger partial charge in [0.2, 0.25) is 0 Å². The minimum atomic E-state index is -0.726. The molecule has 0 aliphatic heterocycles. The van der Waals surface area contributed by atoms with Crippen LogP contribution in [0.5, 0.6) is 0 Å². The molecule has 3 aromatic rings. The third-order valence-corrected chi connectivity index (χ3v) is 3.94. The van der Waals surface area contributed by atoms with Crippen molar-refractivity contribution >= 4 is 5.91 Å². The molecule has 0 aliphatic carbocycles. The maximum absolute atomic E-state index is 13.8. The number of nitrogens with zero attached hydrogens (tertiary/aromatic N) is 4. The van der Waals surface area contributed by atoms with Gasteiger partial charge in [-0.15, -0.1) is 5.10 Å². The standard InChI is InChI=1S/C18H15F3N4O/c1-11-17(22-23-25(11)15-7-5-13(19)6-8-15)18(26)24(2)10-12-3-4-14(20)9-16(12)21/h3-9H,10H2,1-2H3. The molecule has 0 unspecified atom stereocenters. The average molecular weight is 360 g/mol. The van der Waals surface area contributed by atoms with Gasteiger partial charge >= 0.3 is 0 Å². The molecule has 1 amide bonds. The van der Waals surface area contributed by atoms with Crippen LogP contribution in [-0.2, 0) is 6.54 Å². The Hall–Kier alpha value is -3.16. The predicted octanol–water partition coefficient (Wildman–Crippen LogP) is 3.27. The zero-order chi connectivity index (χ0) is 18.8. The highest BCUT2D eigenvalue weighted by molar-refractivity contribution is 5.93. The number of carbonyl (C=O) groups excluding carboxylic acids is 1. The summed E-state index contributed by atoms with van der Waals surface area (Å²) in [4.78, 5) is 13.9. The molecular weight excluding hydrogens is 345 g/mol. The van der Waals surface area contributed by atoms with Crippen LogP contribution in [0.2, 0.25) is 0 Å². The van der Waals surface area contributed by atoms with Crippen LogP contribution in [-0.4, -0.2) is 32.8 Å². The van der Waals surface area contributed by atoms with E-state index in [-0.39, 0.29) is 23.6 Å². The Kier molecular flexibility index (Phi) is 4.75. The molecule has 26 heavy (non-hydrogen) atoms. The zero-order valence-corrected chi connectivity index (χ0v) is 14.1. The van der Waals surface area contributed by atoms with Crippen LogP contribution in [0.1, 0.15) is 21.7 Å². The van der Waals surface area contributed by atoms with Crippen molar-refractivity contribution in [2.75, 3.05) is 7.05 Å². The maximum atomic E-state index is 13.8. The number of hydrogen-bond acceptors (Lipinski definition) is 3. The molecule has 8 heteroatoms. The van der Waals surface area contributed by atoms with Gasteiger partial charge in [-0.25, -0.2) is 17.9 Å². The summed E-state index contributed by atoms with van der Waals surface area (Å²) in [6.45, 7) is 1.61. The monoisotopic (exact) mass is 360 g/mol. The SMILES string of the molecule is Cc1c(C(=O)N(C)Cc2ccc(F)cc2F)nnn1-c1ccc(F)cc1. The van der Waals surface area contributed by atoms with Gasteiger partial charge in [-0.05, 0) is 37.3 Å². The van der Waals surface area contributed by atoms with Crippen LogP contribution in [0, 0.1) is 24.4 Å². The highest BCUT2D eigenvalue weighted by Gasteiger charge is 2.21. The first-order valence-electron chi connectivity index (χ1n) is 7.74. The van der Waals surface area contributed by atoms with Gasteiger partial charge in [0.15, 0.2) is 5.69 Å². The second kappa shape index (κ2) is 6.99. The summed E-state index contributed by atoms with van der Waals surface area (Å²) < 4.78 is 41.2. The average Bonchev–Trinajstić information content (AvgIpc) is 2.99. The van der Waals surface area contributed by atoms with E-state index >= 15 is 0 Å². The van der Waals surface area contributed by atoms with E-state index in [4.69, 9.17) is 0 Å². The Morgan fingerprint density at radius 3 is 2.38 bits per heavy atom. The van der Waals surface area contributed by atoms with Crippen LogP contribution < -0.4 is 0 Å². The number of rotatable bonds is 4. The molecule has 0 bridgehead atoms. The smallest absolute Gasteiger partial charge is 0.276 e. The molecule has 0 atom stereocenters. The fraction of sp³-hybridized carbons (Fsp3) is 0.167. The van der Waals surface area contributed by atoms with Crippen molar-refractivity contribution in [3.05, 3.63) is 76.9 Å². The Bertz CT molecular complexity index is 954. The van der Waals surface area contributed by atoms with Gasteiger partial charge in [-0.1, -0.05) is 11.3 Å². The van der Waals surface area contributed by atoms with E-state index in [2.05, 4.69) is 10.3 Å². The lowest BCUT2D eigenvalue weighted by Crippen LogP contribution is -2.27. The minimum Gasteiger partial charge on any atom is -0.336 e. The fourth-order valence-corrected chi connectivity index (χ4v) is 2.51. The van der Waals surface area contributed by atoms with Crippen molar-refractivity contribution in [3.8, 4) is 5.69 Å². The quantitative estimate of drug-likeness (QED) is 0.718. The van der Waals surface area contributed by atoms with Crippen molar-refractivity contribution in [2.45, 2.75) is 13.5 Å². The molecular formula is C18H15F3N4O. The Labute approximate surface area is 147 Å². The van der Waals surface area contributed by atoms with Crippen molar-refractivity contribution in [1.82, 2.24) is 19.9 Å². The summed E-state index contributed by atoms with van der Waals surface area (Å²) in [5.41, 5.74) is 1.31. The first kappa shape index (κ1) is 17.7. The molecule has 0 saturated heterocycles. The van der Waals surface area contributed by atoms with E-state index in [1.54, 1.807) is 6.92 Å². The van der Waals surface area contributed by atoms with E-state index in [0.29, 0.717) is 11.4 Å². The number of benzene rings is 2. The van der Waals surface area contributed by atoms with Crippen LogP contribution in [0.25, 0.3) is 5.69 Å². The minimum absolute atomic E-state index is 0.0478. The highest BCUT2D eigenvalue weighted by atomic mass is 19.1. The van der Waals surface area contributed by atoms with Gasteiger partial charge in [0.1, 0.15) is 17.5 Å². The third kappa shape index (κ3) is 3.44. The highest BCUT2D eigenvalue weighted by Crippen LogP contribution is 2.16. The number of carbonyl (C=O) groups is 1. The van der Waals surface area contributed by atoms with Crippen molar-refractivity contribution in [2.24, 2.45) is 0 Å². The second-order valence-electron chi connectivity index (χ2n) is 5.81. The van der Waals surface area contributed by atoms with Crippen LogP contribution >= 0.6 is 0 Å². The van der Waals surface area contributed by atoms with E-state index in [9.17, 15) is 18.0 Å². The lowest BCUT2D eigenvalue weighted by Gasteiger charge is -2.16. The number of halogens is 3. The summed E-state index contributed by atoms with van der Waals surface area (Å²) in [5.74, 6) is -2.25. The lowest BCUT2D eigenvalue weighted by atomic mass is 10.2. The summed E-state index contributed by atoms with van der Waals surface area (Å²) in [5, 5.41) is 7.82. The van der Waals surface area contributed by atoms with E-state index < -0.39 is 17.5 Å². The Morgan fingerprint density at radius 1 is 1.08 bits per heavy atom. The molecule has 0 radical (unpaired) electrons. The molecule has 0 fully saturated rings. The van der Waals surface area contributed by atoms with Gasteiger partial charge in [0.25, 0.3) is 5.91 Å². The molecule has 5 nitrogen and oxygen atoms in total. The number of amides is 1. The molecule has 0 saturated carbocycles. The van der Waals surface area contributed by atoms with Crippen molar-refractivity contribution in [3.63, 3.8) is 0 Å². The first-order valence-corrected chi connectivity index (χ1v) is 7.74. The summed E-state index contributed by atoms with van der Waals surface area (Å²) in [6.07, 6.45) is 0. The molecule has 3 rings (SSSR count). The van der Waals surface area contributed by atoms with E-state index in [0.717, 1.165) is 12.1 Å². The van der Waals surface area contributed by atoms with Gasteiger partial charge in [-0.2, -0.15) is 0 Å². The number of hydrogen-bond donors (Lipinski definition) is 0. The lowest BCUT2D eigenvalue weighted by molar-refractivity contribution is 0.0777. The van der Waals surface area contributed by atoms with Gasteiger partial charge in [0.05, 0.1) is 11.4 Å². The Balaban J connectivity index is 1.82. The van der Waals surface area contributed by atoms with Gasteiger partial charge in [-0.3, -0.25) is 4.79 Å². The van der Waals surface area contributed by atoms with E-state index in [1.807, 2.05) is 0 Å². The van der Waals surface area contributed by atoms with Gasteiger partial charge < -0.3 is 4.90 Å². The topological polar surface area (TPSA) is 51.0 Å². The molecule has 0 aliphatic rings. The molecule has 134 valence electrons. The van der Waals surface area contributed by atoms with E-state index in [1.165, 1.54) is 47.0 Å². The molecule has 0 N–H and O–H groups in total. The normalized spacial score (nSPS) is 10.8. The van der Waals surface area contributed by atoms with Crippen molar-refractivity contribution in [1.29, 1.82) is 0 Å². The number of aromatic nitrogens is 3. The largest absolute Gasteiger partial charge is 0.336 e. The van der Waals surface area contributed by atoms with Gasteiger partial charge in [0, 0.05) is 25.2 Å². The molecule has 0 spiro atoms. The van der Waals surface area contributed by atoms with Crippen molar-refractivity contribution < 1.29 is 18.0 Å². The fourth-order valence-electron chi connectivity index (χ4n) is 2.51. The van der Waals surface area contributed by atoms with Crippen LogP contribution in [0.4, 0.5) is 13.2 Å². The first-order chi connectivity index (χ1) is 12.4. The summed E-state index contributed by atoms with van der Waals surface area (Å²) in [6, 6.07) is 8.78. The molecule has 1 heterocycles. The summed E-state index contributed by atoms with van der Waals surface area (Å²) in [7, 11) is 1.49. The third-order valence-electron chi connectivity index (χ3n) is 3.94. The maximum Gasteiger partial charge on any atom is 0.276 e. The van der Waals surface area contributed by atoms with Crippen LogP contribution in [0.15, 0.2) is 42.5 Å².